The van der Waals surface area contributed by atoms with E-state index >= 15 is 0 Å². The molecule has 7 nitrogen and oxygen atoms in total. The maximum atomic E-state index is 13.0. The van der Waals surface area contributed by atoms with Gasteiger partial charge in [0.05, 0.1) is 17.2 Å². The summed E-state index contributed by atoms with van der Waals surface area (Å²) >= 11 is 6.39. The highest BCUT2D eigenvalue weighted by Crippen LogP contribution is 2.37. The van der Waals surface area contributed by atoms with Crippen molar-refractivity contribution in [1.29, 1.82) is 5.26 Å². The largest absolute Gasteiger partial charge is 0.490 e. The second-order valence-corrected chi connectivity index (χ2v) is 9.01. The molecule has 0 unspecified atom stereocenters. The predicted molar refractivity (Wildman–Crippen MR) is 146 cm³/mol. The Morgan fingerprint density at radius 2 is 1.73 bits per heavy atom. The number of anilines is 2. The number of hydrogen-bond donors (Lipinski definition) is 2. The average Bonchev–Trinajstić information content (AvgIpc) is 2.88. The molecule has 0 spiro atoms. The highest BCUT2D eigenvalue weighted by atomic mass is 35.5. The number of halogens is 4. The number of nitrogens with one attached hydrogen (secondary N) is 2. The highest BCUT2D eigenvalue weighted by Gasteiger charge is 2.30. The Balaban J connectivity index is 1.78. The van der Waals surface area contributed by atoms with E-state index in [2.05, 4.69) is 10.6 Å². The summed E-state index contributed by atoms with van der Waals surface area (Å²) in [5.41, 5.74) is 1.54. The second kappa shape index (κ2) is 13.0. The number of benzene rings is 3. The minimum absolute atomic E-state index is 0.0479. The zero-order valence-electron chi connectivity index (χ0n) is 21.8. The quantitative estimate of drug-likeness (QED) is 0.214. The van der Waals surface area contributed by atoms with Gasteiger partial charge in [-0.05, 0) is 86.0 Å². The van der Waals surface area contributed by atoms with Crippen molar-refractivity contribution < 1.29 is 32.2 Å². The SMILES string of the molecule is CCOc1cc(/C=C(\C#N)C(=O)Nc2cccc(C(F)(F)F)c2)cc(Cl)c1OCC(=O)Nc1ccc(C)c(C)c1. The summed E-state index contributed by atoms with van der Waals surface area (Å²) in [5, 5.41) is 14.6. The fraction of sp³-hybridized carbons (Fsp3) is 0.207. The van der Waals surface area contributed by atoms with Crippen LogP contribution in [0.4, 0.5) is 24.5 Å². The Kier molecular flexibility index (Phi) is 9.80. The summed E-state index contributed by atoms with van der Waals surface area (Å²) in [5.74, 6) is -1.10. The van der Waals surface area contributed by atoms with E-state index in [0.29, 0.717) is 5.69 Å². The molecule has 0 bridgehead atoms. The summed E-state index contributed by atoms with van der Waals surface area (Å²) in [4.78, 5) is 25.1. The predicted octanol–water partition coefficient (Wildman–Crippen LogP) is 6.94. The summed E-state index contributed by atoms with van der Waals surface area (Å²) < 4.78 is 50.2. The smallest absolute Gasteiger partial charge is 0.416 e. The Labute approximate surface area is 234 Å². The molecule has 11 heteroatoms. The lowest BCUT2D eigenvalue weighted by molar-refractivity contribution is -0.137. The van der Waals surface area contributed by atoms with E-state index in [0.717, 1.165) is 29.3 Å². The van der Waals surface area contributed by atoms with Gasteiger partial charge >= 0.3 is 6.18 Å². The van der Waals surface area contributed by atoms with Gasteiger partial charge in [-0.2, -0.15) is 18.4 Å². The molecule has 40 heavy (non-hydrogen) atoms. The number of alkyl halides is 3. The Morgan fingerprint density at radius 3 is 2.38 bits per heavy atom. The molecule has 0 aliphatic carbocycles. The fourth-order valence-electron chi connectivity index (χ4n) is 3.52. The number of nitrogens with zero attached hydrogens (tertiary/aromatic N) is 1. The van der Waals surface area contributed by atoms with Gasteiger partial charge in [-0.3, -0.25) is 9.59 Å². The zero-order valence-corrected chi connectivity index (χ0v) is 22.5. The summed E-state index contributed by atoms with van der Waals surface area (Å²) in [6.07, 6.45) is -3.39. The third kappa shape index (κ3) is 8.01. The van der Waals surface area contributed by atoms with Gasteiger partial charge in [-0.25, -0.2) is 0 Å². The number of amides is 2. The van der Waals surface area contributed by atoms with Crippen LogP contribution in [-0.4, -0.2) is 25.0 Å². The van der Waals surface area contributed by atoms with Crippen molar-refractivity contribution >= 4 is 40.9 Å². The van der Waals surface area contributed by atoms with Gasteiger partial charge in [-0.1, -0.05) is 23.7 Å². The first kappa shape index (κ1) is 30.1. The second-order valence-electron chi connectivity index (χ2n) is 8.60. The van der Waals surface area contributed by atoms with Gasteiger partial charge in [-0.15, -0.1) is 0 Å². The molecule has 3 aromatic rings. The molecule has 0 saturated carbocycles. The molecule has 0 radical (unpaired) electrons. The molecule has 0 heterocycles. The van der Waals surface area contributed by atoms with Crippen LogP contribution >= 0.6 is 11.6 Å². The van der Waals surface area contributed by atoms with Gasteiger partial charge in [0.1, 0.15) is 11.6 Å². The van der Waals surface area contributed by atoms with Gasteiger partial charge in [0.2, 0.25) is 0 Å². The molecule has 0 atom stereocenters. The normalized spacial score (nSPS) is 11.4. The van der Waals surface area contributed by atoms with Crippen LogP contribution in [-0.2, 0) is 15.8 Å². The summed E-state index contributed by atoms with van der Waals surface area (Å²) in [6.45, 7) is 5.46. The standard InChI is InChI=1S/C29H25ClF3N3O4/c1-4-39-25-13-19(11-20(15-34)28(38)36-22-7-5-6-21(14-22)29(31,32)33)12-24(30)27(25)40-16-26(37)35-23-9-8-17(2)18(3)10-23/h5-14H,4,16H2,1-3H3,(H,35,37)(H,36,38)/b20-11+. The number of hydrogen-bond acceptors (Lipinski definition) is 5. The molecule has 0 aliphatic rings. The van der Waals surface area contributed by atoms with Crippen molar-refractivity contribution in [2.24, 2.45) is 0 Å². The molecule has 208 valence electrons. The van der Waals surface area contributed by atoms with Crippen molar-refractivity contribution in [1.82, 2.24) is 0 Å². The minimum Gasteiger partial charge on any atom is -0.490 e. The Morgan fingerprint density at radius 1 is 1.00 bits per heavy atom. The molecule has 2 amide bonds. The van der Waals surface area contributed by atoms with Crippen molar-refractivity contribution in [3.63, 3.8) is 0 Å². The molecule has 0 aromatic heterocycles. The van der Waals surface area contributed by atoms with E-state index < -0.39 is 29.1 Å². The van der Waals surface area contributed by atoms with E-state index in [1.165, 1.54) is 24.3 Å². The molecule has 0 saturated heterocycles. The van der Waals surface area contributed by atoms with E-state index in [4.69, 9.17) is 21.1 Å². The van der Waals surface area contributed by atoms with Crippen LogP contribution in [0.1, 0.15) is 29.2 Å². The molecule has 3 rings (SSSR count). The van der Waals surface area contributed by atoms with E-state index in [-0.39, 0.29) is 41.0 Å². The van der Waals surface area contributed by atoms with Crippen molar-refractivity contribution in [2.45, 2.75) is 26.9 Å². The lowest BCUT2D eigenvalue weighted by atomic mass is 10.1. The topological polar surface area (TPSA) is 100 Å². The van der Waals surface area contributed by atoms with E-state index in [1.807, 2.05) is 26.0 Å². The molecule has 0 aliphatic heterocycles. The van der Waals surface area contributed by atoms with Crippen molar-refractivity contribution in [3.05, 3.63) is 87.4 Å². The van der Waals surface area contributed by atoms with Gasteiger partial charge < -0.3 is 20.1 Å². The first-order valence-electron chi connectivity index (χ1n) is 12.0. The zero-order chi connectivity index (χ0) is 29.4. The van der Waals surface area contributed by atoms with Gasteiger partial charge in [0.25, 0.3) is 11.8 Å². The molecule has 3 aromatic carbocycles. The van der Waals surface area contributed by atoms with Crippen LogP contribution < -0.4 is 20.1 Å². The Hall–Kier alpha value is -4.49. The number of ether oxygens (including phenoxy) is 2. The first-order valence-corrected chi connectivity index (χ1v) is 12.4. The number of aryl methyl sites for hydroxylation is 2. The number of nitriles is 1. The lowest BCUT2D eigenvalue weighted by Crippen LogP contribution is -2.20. The summed E-state index contributed by atoms with van der Waals surface area (Å²) in [7, 11) is 0. The lowest BCUT2D eigenvalue weighted by Gasteiger charge is -2.15. The molecule has 2 N–H and O–H groups in total. The van der Waals surface area contributed by atoms with E-state index in [1.54, 1.807) is 19.1 Å². The third-order valence-electron chi connectivity index (χ3n) is 5.59. The maximum absolute atomic E-state index is 13.0. The average molecular weight is 572 g/mol. The van der Waals surface area contributed by atoms with Crippen LogP contribution in [0, 0.1) is 25.2 Å². The van der Waals surface area contributed by atoms with E-state index in [9.17, 15) is 28.0 Å². The van der Waals surface area contributed by atoms with Crippen LogP contribution in [0.15, 0.2) is 60.2 Å². The maximum Gasteiger partial charge on any atom is 0.416 e. The summed E-state index contributed by atoms with van der Waals surface area (Å²) in [6, 6.07) is 14.1. The van der Waals surface area contributed by atoms with Crippen molar-refractivity contribution in [2.75, 3.05) is 23.8 Å². The fourth-order valence-corrected chi connectivity index (χ4v) is 3.79. The van der Waals surface area contributed by atoms with Crippen LogP contribution in [0.3, 0.4) is 0 Å². The molecule has 0 fully saturated rings. The molecular weight excluding hydrogens is 547 g/mol. The number of carbonyl (C=O) groups is 2. The minimum atomic E-state index is -4.59. The number of carbonyl (C=O) groups excluding carboxylic acids is 2. The van der Waals surface area contributed by atoms with Crippen LogP contribution in [0.25, 0.3) is 6.08 Å². The van der Waals surface area contributed by atoms with Crippen molar-refractivity contribution in [3.8, 4) is 17.6 Å². The molecular formula is C29H25ClF3N3O4. The van der Waals surface area contributed by atoms with Crippen LogP contribution in [0.2, 0.25) is 5.02 Å². The Bertz CT molecular complexity index is 1500. The van der Waals surface area contributed by atoms with Gasteiger partial charge in [0, 0.05) is 11.4 Å². The first-order chi connectivity index (χ1) is 18.9. The number of rotatable bonds is 9. The van der Waals surface area contributed by atoms with Crippen LogP contribution in [0.5, 0.6) is 11.5 Å². The third-order valence-corrected chi connectivity index (χ3v) is 5.87. The monoisotopic (exact) mass is 571 g/mol. The highest BCUT2D eigenvalue weighted by molar-refractivity contribution is 6.32. The van der Waals surface area contributed by atoms with Gasteiger partial charge in [0.15, 0.2) is 18.1 Å².